The summed E-state index contributed by atoms with van der Waals surface area (Å²) in [6, 6.07) is 0. The first kappa shape index (κ1) is 14.4. The van der Waals surface area contributed by atoms with Gasteiger partial charge in [-0.2, -0.15) is 10.2 Å². The molecule has 0 N–H and O–H groups in total. The van der Waals surface area contributed by atoms with E-state index in [1.54, 1.807) is 0 Å². The van der Waals surface area contributed by atoms with E-state index >= 15 is 0 Å². The van der Waals surface area contributed by atoms with Crippen LogP contribution in [0.25, 0.3) is 0 Å². The van der Waals surface area contributed by atoms with Crippen LogP contribution in [-0.4, -0.2) is 19.6 Å². The van der Waals surface area contributed by atoms with E-state index in [-0.39, 0.29) is 0 Å². The molecule has 0 radical (unpaired) electrons. The van der Waals surface area contributed by atoms with Crippen molar-refractivity contribution < 1.29 is 0 Å². The number of aromatic nitrogens is 4. The first-order valence-electron chi connectivity index (χ1n) is 8.10. The van der Waals surface area contributed by atoms with Crippen LogP contribution in [0, 0.1) is 13.8 Å². The van der Waals surface area contributed by atoms with Gasteiger partial charge in [0.1, 0.15) is 0 Å². The Morgan fingerprint density at radius 1 is 0.667 bits per heavy atom. The first-order valence-corrected chi connectivity index (χ1v) is 8.10. The third-order valence-corrected chi connectivity index (χ3v) is 4.88. The van der Waals surface area contributed by atoms with Gasteiger partial charge >= 0.3 is 0 Å². The lowest BCUT2D eigenvalue weighted by Gasteiger charge is -2.11. The van der Waals surface area contributed by atoms with Crippen LogP contribution in [0.3, 0.4) is 0 Å². The van der Waals surface area contributed by atoms with Crippen LogP contribution in [0.5, 0.6) is 0 Å². The van der Waals surface area contributed by atoms with Crippen molar-refractivity contribution in [1.82, 2.24) is 19.6 Å². The predicted octanol–water partition coefficient (Wildman–Crippen LogP) is 2.82. The van der Waals surface area contributed by atoms with E-state index < -0.39 is 0 Å². The molecule has 114 valence electrons. The maximum atomic E-state index is 4.41. The summed E-state index contributed by atoms with van der Waals surface area (Å²) in [4.78, 5) is 0. The van der Waals surface area contributed by atoms with E-state index in [0.717, 1.165) is 0 Å². The highest BCUT2D eigenvalue weighted by molar-refractivity contribution is 5.29. The predicted molar refractivity (Wildman–Crippen MR) is 84.6 cm³/mol. The highest BCUT2D eigenvalue weighted by atomic mass is 15.3. The lowest BCUT2D eigenvalue weighted by molar-refractivity contribution is 0.626. The SMILES string of the molecule is Cc1nn(C)c2c1CCC2.Cc1nn(C)c2c1CCCC2. The Kier molecular flexibility index (Phi) is 3.87. The van der Waals surface area contributed by atoms with Gasteiger partial charge < -0.3 is 0 Å². The highest BCUT2D eigenvalue weighted by Crippen LogP contribution is 2.24. The topological polar surface area (TPSA) is 35.6 Å². The summed E-state index contributed by atoms with van der Waals surface area (Å²) in [5.74, 6) is 0. The zero-order chi connectivity index (χ0) is 15.0. The van der Waals surface area contributed by atoms with Gasteiger partial charge in [-0.25, -0.2) is 0 Å². The number of hydrogen-bond donors (Lipinski definition) is 0. The minimum Gasteiger partial charge on any atom is -0.272 e. The first-order chi connectivity index (χ1) is 10.1. The Labute approximate surface area is 127 Å². The Hall–Kier alpha value is -1.58. The van der Waals surface area contributed by atoms with Gasteiger partial charge in [0.05, 0.1) is 11.4 Å². The van der Waals surface area contributed by atoms with Gasteiger partial charge in [0, 0.05) is 25.5 Å². The van der Waals surface area contributed by atoms with Crippen LogP contribution in [-0.2, 0) is 39.8 Å². The largest absolute Gasteiger partial charge is 0.272 e. The molecule has 0 saturated heterocycles. The molecule has 4 rings (SSSR count). The lowest BCUT2D eigenvalue weighted by atomic mass is 9.96. The fourth-order valence-electron chi connectivity index (χ4n) is 3.80. The molecule has 2 aromatic rings. The van der Waals surface area contributed by atoms with Crippen molar-refractivity contribution >= 4 is 0 Å². The molecule has 0 bridgehead atoms. The van der Waals surface area contributed by atoms with E-state index in [2.05, 4.69) is 31.1 Å². The summed E-state index contributed by atoms with van der Waals surface area (Å²) in [5.41, 5.74) is 8.41. The number of nitrogens with zero attached hydrogens (tertiary/aromatic N) is 4. The van der Waals surface area contributed by atoms with Crippen LogP contribution >= 0.6 is 0 Å². The second-order valence-corrected chi connectivity index (χ2v) is 6.33. The molecule has 2 aromatic heterocycles. The average molecular weight is 286 g/mol. The maximum absolute atomic E-state index is 4.41. The summed E-state index contributed by atoms with van der Waals surface area (Å²) >= 11 is 0. The van der Waals surface area contributed by atoms with Gasteiger partial charge in [0.25, 0.3) is 0 Å². The van der Waals surface area contributed by atoms with Crippen molar-refractivity contribution in [3.05, 3.63) is 33.9 Å². The molecule has 2 aliphatic carbocycles. The zero-order valence-electron chi connectivity index (χ0n) is 13.7. The van der Waals surface area contributed by atoms with Crippen molar-refractivity contribution in [3.63, 3.8) is 0 Å². The van der Waals surface area contributed by atoms with Crippen molar-refractivity contribution in [3.8, 4) is 0 Å². The standard InChI is InChI=1S/C9H14N2.C8H12N2/c1-7-8-5-3-4-6-9(8)11(2)10-7;1-6-7-4-3-5-8(7)10(2)9-6/h3-6H2,1-2H3;3-5H2,1-2H3. The quantitative estimate of drug-likeness (QED) is 0.746. The Morgan fingerprint density at radius 2 is 1.10 bits per heavy atom. The second-order valence-electron chi connectivity index (χ2n) is 6.33. The fraction of sp³-hybridized carbons (Fsp3) is 0.647. The van der Waals surface area contributed by atoms with Crippen LogP contribution in [0.4, 0.5) is 0 Å². The number of hydrogen-bond acceptors (Lipinski definition) is 2. The molecule has 0 unspecified atom stereocenters. The van der Waals surface area contributed by atoms with Crippen LogP contribution < -0.4 is 0 Å². The minimum absolute atomic E-state index is 1.23. The van der Waals surface area contributed by atoms with Crippen molar-refractivity contribution in [1.29, 1.82) is 0 Å². The highest BCUT2D eigenvalue weighted by Gasteiger charge is 2.17. The summed E-state index contributed by atoms with van der Waals surface area (Å²) in [6.45, 7) is 4.22. The summed E-state index contributed by atoms with van der Waals surface area (Å²) < 4.78 is 4.07. The van der Waals surface area contributed by atoms with Crippen molar-refractivity contribution in [2.75, 3.05) is 0 Å². The molecular weight excluding hydrogens is 260 g/mol. The second kappa shape index (κ2) is 5.66. The molecule has 0 aromatic carbocycles. The van der Waals surface area contributed by atoms with Crippen molar-refractivity contribution in [2.45, 2.75) is 58.8 Å². The minimum atomic E-state index is 1.23. The maximum Gasteiger partial charge on any atom is 0.0628 e. The smallest absolute Gasteiger partial charge is 0.0628 e. The lowest BCUT2D eigenvalue weighted by Crippen LogP contribution is -2.05. The molecule has 0 saturated carbocycles. The Bertz CT molecular complexity index is 597. The molecule has 4 heteroatoms. The number of aryl methyl sites for hydroxylation is 4. The van der Waals surface area contributed by atoms with E-state index in [1.807, 2.05) is 16.4 Å². The molecular formula is C17H26N4. The van der Waals surface area contributed by atoms with E-state index in [0.29, 0.717) is 0 Å². The Balaban J connectivity index is 0.000000126. The van der Waals surface area contributed by atoms with Crippen LogP contribution in [0.15, 0.2) is 0 Å². The molecule has 0 aliphatic heterocycles. The molecule has 2 aliphatic rings. The molecule has 4 nitrogen and oxygen atoms in total. The third-order valence-electron chi connectivity index (χ3n) is 4.88. The van der Waals surface area contributed by atoms with Gasteiger partial charge in [-0.3, -0.25) is 9.36 Å². The normalized spacial score (nSPS) is 16.2. The van der Waals surface area contributed by atoms with E-state index in [9.17, 15) is 0 Å². The monoisotopic (exact) mass is 286 g/mol. The molecule has 0 atom stereocenters. The van der Waals surface area contributed by atoms with Gasteiger partial charge in [-0.15, -0.1) is 0 Å². The fourth-order valence-corrected chi connectivity index (χ4v) is 3.80. The number of rotatable bonds is 0. The van der Waals surface area contributed by atoms with E-state index in [1.165, 1.54) is 78.8 Å². The van der Waals surface area contributed by atoms with Gasteiger partial charge in [-0.05, 0) is 69.9 Å². The van der Waals surface area contributed by atoms with E-state index in [4.69, 9.17) is 0 Å². The molecule has 21 heavy (non-hydrogen) atoms. The summed E-state index contributed by atoms with van der Waals surface area (Å²) in [6.07, 6.45) is 8.96. The molecule has 0 spiro atoms. The molecule has 0 amide bonds. The van der Waals surface area contributed by atoms with Crippen LogP contribution in [0.2, 0.25) is 0 Å². The third kappa shape index (κ3) is 2.63. The molecule has 2 heterocycles. The van der Waals surface area contributed by atoms with Crippen LogP contribution in [0.1, 0.15) is 53.2 Å². The summed E-state index contributed by atoms with van der Waals surface area (Å²) in [5, 5.41) is 8.76. The van der Waals surface area contributed by atoms with Gasteiger partial charge in [0.2, 0.25) is 0 Å². The van der Waals surface area contributed by atoms with Crippen molar-refractivity contribution in [2.24, 2.45) is 14.1 Å². The Morgan fingerprint density at radius 3 is 1.62 bits per heavy atom. The zero-order valence-corrected chi connectivity index (χ0v) is 13.7. The summed E-state index contributed by atoms with van der Waals surface area (Å²) in [7, 11) is 4.09. The molecule has 0 fully saturated rings. The average Bonchev–Trinajstić information content (AvgIpc) is 3.12. The number of fused-ring (bicyclic) bond motifs is 2. The van der Waals surface area contributed by atoms with Gasteiger partial charge in [-0.1, -0.05) is 0 Å². The van der Waals surface area contributed by atoms with Gasteiger partial charge in [0.15, 0.2) is 0 Å².